The zero-order chi connectivity index (χ0) is 14.6. The molecule has 1 N–H and O–H groups in total. The van der Waals surface area contributed by atoms with Gasteiger partial charge < -0.3 is 9.84 Å². The van der Waals surface area contributed by atoms with E-state index in [9.17, 15) is 5.11 Å². The van der Waals surface area contributed by atoms with Gasteiger partial charge in [0.1, 0.15) is 6.10 Å². The molecule has 2 heteroatoms. The van der Waals surface area contributed by atoms with Crippen LogP contribution in [0, 0.1) is 11.3 Å². The van der Waals surface area contributed by atoms with Gasteiger partial charge in [-0.3, -0.25) is 0 Å². The topological polar surface area (TPSA) is 29.5 Å². The first kappa shape index (κ1) is 16.2. The molecule has 0 aromatic heterocycles. The molecule has 0 fully saturated rings. The summed E-state index contributed by atoms with van der Waals surface area (Å²) in [7, 11) is 1.66. The van der Waals surface area contributed by atoms with Crippen molar-refractivity contribution in [2.24, 2.45) is 11.3 Å². The lowest BCUT2D eigenvalue weighted by atomic mass is 9.83. The van der Waals surface area contributed by atoms with Crippen LogP contribution in [-0.4, -0.2) is 18.3 Å². The molecule has 1 aromatic carbocycles. The summed E-state index contributed by atoms with van der Waals surface area (Å²) in [6, 6.07) is 8.22. The van der Waals surface area contributed by atoms with Gasteiger partial charge in [0.25, 0.3) is 0 Å². The summed E-state index contributed by atoms with van der Waals surface area (Å²) < 4.78 is 5.50. The highest BCUT2D eigenvalue weighted by Crippen LogP contribution is 2.32. The van der Waals surface area contributed by atoms with Crippen LogP contribution in [0.2, 0.25) is 0 Å². The van der Waals surface area contributed by atoms with E-state index in [2.05, 4.69) is 46.8 Å². The number of aliphatic hydroxyl groups excluding tert-OH is 1. The first-order valence-corrected chi connectivity index (χ1v) is 7.05. The molecular formula is C17H28O2. The number of hydrogen-bond acceptors (Lipinski definition) is 2. The summed E-state index contributed by atoms with van der Waals surface area (Å²) in [5.41, 5.74) is 2.12. The maximum absolute atomic E-state index is 10.5. The molecule has 0 saturated heterocycles. The van der Waals surface area contributed by atoms with E-state index in [1.54, 1.807) is 7.11 Å². The Hall–Kier alpha value is -0.860. The molecule has 0 aliphatic carbocycles. The van der Waals surface area contributed by atoms with Gasteiger partial charge in [0.05, 0.1) is 6.10 Å². The van der Waals surface area contributed by atoms with E-state index in [0.29, 0.717) is 5.92 Å². The lowest BCUT2D eigenvalue weighted by Crippen LogP contribution is -2.34. The Morgan fingerprint density at radius 3 is 2.32 bits per heavy atom. The predicted octanol–water partition coefficient (Wildman–Crippen LogP) is 3.98. The molecule has 1 rings (SSSR count). The van der Waals surface area contributed by atoms with Crippen LogP contribution < -0.4 is 0 Å². The third-order valence-electron chi connectivity index (χ3n) is 3.33. The number of rotatable bonds is 5. The van der Waals surface area contributed by atoms with Crippen molar-refractivity contribution in [3.8, 4) is 0 Å². The summed E-state index contributed by atoms with van der Waals surface area (Å²) in [6.45, 7) is 10.7. The molecule has 2 atom stereocenters. The molecule has 0 spiro atoms. The van der Waals surface area contributed by atoms with Crippen LogP contribution in [0.1, 0.15) is 51.8 Å². The Morgan fingerprint density at radius 1 is 1.21 bits per heavy atom. The summed E-state index contributed by atoms with van der Waals surface area (Å²) in [5, 5.41) is 10.5. The summed E-state index contributed by atoms with van der Waals surface area (Å²) in [5.74, 6) is 0.619. The second kappa shape index (κ2) is 6.53. The lowest BCUT2D eigenvalue weighted by Gasteiger charge is -2.33. The van der Waals surface area contributed by atoms with Crippen LogP contribution in [0.25, 0.3) is 0 Å². The highest BCUT2D eigenvalue weighted by atomic mass is 16.5. The largest absolute Gasteiger partial charge is 0.386 e. The number of methoxy groups -OCH3 is 1. The van der Waals surface area contributed by atoms with Crippen LogP contribution in [0.4, 0.5) is 0 Å². The Balaban J connectivity index is 2.95. The van der Waals surface area contributed by atoms with Crippen LogP contribution in [0.15, 0.2) is 24.3 Å². The van der Waals surface area contributed by atoms with Gasteiger partial charge in [0.2, 0.25) is 0 Å². The second-order valence-electron chi connectivity index (χ2n) is 6.81. The number of benzene rings is 1. The summed E-state index contributed by atoms with van der Waals surface area (Å²) in [6.07, 6.45) is 0.243. The van der Waals surface area contributed by atoms with E-state index in [4.69, 9.17) is 4.74 Å². The second-order valence-corrected chi connectivity index (χ2v) is 6.81. The van der Waals surface area contributed by atoms with Crippen molar-refractivity contribution < 1.29 is 9.84 Å². The predicted molar refractivity (Wildman–Crippen MR) is 80.2 cm³/mol. The summed E-state index contributed by atoms with van der Waals surface area (Å²) in [4.78, 5) is 0. The van der Waals surface area contributed by atoms with Gasteiger partial charge in [-0.15, -0.1) is 0 Å². The van der Waals surface area contributed by atoms with Crippen molar-refractivity contribution in [1.29, 1.82) is 0 Å². The van der Waals surface area contributed by atoms with E-state index in [1.807, 2.05) is 12.1 Å². The normalized spacial score (nSPS) is 15.6. The molecule has 108 valence electrons. The molecule has 0 bridgehead atoms. The standard InChI is InChI=1S/C17H28O2/c1-12(2)10-13-8-7-9-14(11-13)15(18)16(19-6)17(3,4)5/h7-9,11-12,15-16,18H,10H2,1-6H3. The third kappa shape index (κ3) is 4.63. The Labute approximate surface area is 117 Å². The number of hydrogen-bond donors (Lipinski definition) is 1. The average Bonchev–Trinajstić information content (AvgIpc) is 2.27. The Morgan fingerprint density at radius 2 is 1.84 bits per heavy atom. The number of aliphatic hydroxyl groups is 1. The van der Waals surface area contributed by atoms with Crippen molar-refractivity contribution in [3.05, 3.63) is 35.4 Å². The first-order valence-electron chi connectivity index (χ1n) is 7.05. The highest BCUT2D eigenvalue weighted by molar-refractivity contribution is 5.26. The molecule has 2 nitrogen and oxygen atoms in total. The molecule has 1 aromatic rings. The molecule has 0 radical (unpaired) electrons. The average molecular weight is 264 g/mol. The fourth-order valence-corrected chi connectivity index (χ4v) is 2.51. The molecule has 0 saturated carbocycles. The minimum atomic E-state index is -0.586. The van der Waals surface area contributed by atoms with Gasteiger partial charge in [0, 0.05) is 7.11 Å². The Kier molecular flexibility index (Phi) is 5.57. The van der Waals surface area contributed by atoms with E-state index < -0.39 is 6.10 Å². The van der Waals surface area contributed by atoms with E-state index in [1.165, 1.54) is 5.56 Å². The minimum Gasteiger partial charge on any atom is -0.386 e. The van der Waals surface area contributed by atoms with Gasteiger partial charge in [-0.2, -0.15) is 0 Å². The van der Waals surface area contributed by atoms with Gasteiger partial charge >= 0.3 is 0 Å². The van der Waals surface area contributed by atoms with Crippen LogP contribution in [0.5, 0.6) is 0 Å². The molecule has 0 aliphatic heterocycles. The molecule has 0 amide bonds. The first-order chi connectivity index (χ1) is 8.75. The zero-order valence-corrected chi connectivity index (χ0v) is 13.1. The fourth-order valence-electron chi connectivity index (χ4n) is 2.51. The Bertz CT molecular complexity index is 390. The number of ether oxygens (including phenoxy) is 1. The van der Waals surface area contributed by atoms with Gasteiger partial charge in [-0.25, -0.2) is 0 Å². The van der Waals surface area contributed by atoms with E-state index in [0.717, 1.165) is 12.0 Å². The van der Waals surface area contributed by atoms with Gasteiger partial charge in [-0.1, -0.05) is 58.9 Å². The smallest absolute Gasteiger partial charge is 0.106 e. The van der Waals surface area contributed by atoms with E-state index in [-0.39, 0.29) is 11.5 Å². The van der Waals surface area contributed by atoms with Crippen molar-refractivity contribution >= 4 is 0 Å². The molecule has 0 heterocycles. The highest BCUT2D eigenvalue weighted by Gasteiger charge is 2.32. The van der Waals surface area contributed by atoms with Crippen molar-refractivity contribution in [3.63, 3.8) is 0 Å². The molecule has 0 aliphatic rings. The van der Waals surface area contributed by atoms with Crippen molar-refractivity contribution in [1.82, 2.24) is 0 Å². The van der Waals surface area contributed by atoms with E-state index >= 15 is 0 Å². The van der Waals surface area contributed by atoms with Crippen LogP contribution >= 0.6 is 0 Å². The van der Waals surface area contributed by atoms with Crippen LogP contribution in [-0.2, 0) is 11.2 Å². The van der Waals surface area contributed by atoms with Gasteiger partial charge in [-0.05, 0) is 28.9 Å². The fraction of sp³-hybridized carbons (Fsp3) is 0.647. The molecule has 19 heavy (non-hydrogen) atoms. The maximum atomic E-state index is 10.5. The van der Waals surface area contributed by atoms with Gasteiger partial charge in [0.15, 0.2) is 0 Å². The van der Waals surface area contributed by atoms with Crippen molar-refractivity contribution in [2.75, 3.05) is 7.11 Å². The minimum absolute atomic E-state index is 0.0950. The SMILES string of the molecule is COC(C(O)c1cccc(CC(C)C)c1)C(C)(C)C. The van der Waals surface area contributed by atoms with Crippen molar-refractivity contribution in [2.45, 2.75) is 53.2 Å². The lowest BCUT2D eigenvalue weighted by molar-refractivity contribution is -0.0724. The monoisotopic (exact) mass is 264 g/mol. The third-order valence-corrected chi connectivity index (χ3v) is 3.33. The van der Waals surface area contributed by atoms with Crippen LogP contribution in [0.3, 0.4) is 0 Å². The quantitative estimate of drug-likeness (QED) is 0.871. The molecule has 2 unspecified atom stereocenters. The maximum Gasteiger partial charge on any atom is 0.106 e. The molecular weight excluding hydrogens is 236 g/mol. The zero-order valence-electron chi connectivity index (χ0n) is 13.1. The summed E-state index contributed by atoms with van der Waals surface area (Å²) >= 11 is 0.